The van der Waals surface area contributed by atoms with Gasteiger partial charge in [-0.1, -0.05) is 0 Å². The summed E-state index contributed by atoms with van der Waals surface area (Å²) in [6, 6.07) is 10.4. The number of nitrogen functional groups attached to an aromatic ring is 1. The van der Waals surface area contributed by atoms with Crippen LogP contribution in [-0.4, -0.2) is 25.9 Å². The third-order valence-electron chi connectivity index (χ3n) is 4.87. The van der Waals surface area contributed by atoms with E-state index >= 15 is 0 Å². The standard InChI is InChI=1S/C21H19ClF3N5OS/c22-20-28-18-5-6-30(32-16-3-1-15(31)2-4-16)11-17(18)19(29-20)27-10-12-7-13(21(23,24)25)9-14(26)8-12/h1-4,7-9,31H,5-6,10-11,26H2,(H,27,28,29). The van der Waals surface area contributed by atoms with Crippen LogP contribution in [-0.2, 0) is 25.7 Å². The zero-order chi connectivity index (χ0) is 22.9. The molecular weight excluding hydrogens is 463 g/mol. The molecule has 1 aliphatic heterocycles. The van der Waals surface area contributed by atoms with Crippen LogP contribution in [0.15, 0.2) is 47.4 Å². The summed E-state index contributed by atoms with van der Waals surface area (Å²) < 4.78 is 41.4. The van der Waals surface area contributed by atoms with Crippen LogP contribution in [0.5, 0.6) is 5.75 Å². The maximum Gasteiger partial charge on any atom is 0.416 e. The third kappa shape index (κ3) is 5.37. The highest BCUT2D eigenvalue weighted by Gasteiger charge is 2.31. The number of anilines is 2. The smallest absolute Gasteiger partial charge is 0.416 e. The molecule has 0 aliphatic carbocycles. The van der Waals surface area contributed by atoms with E-state index in [-0.39, 0.29) is 23.3 Å². The normalized spacial score (nSPS) is 14.2. The third-order valence-corrected chi connectivity index (χ3v) is 6.09. The number of halogens is 4. The molecule has 11 heteroatoms. The Bertz CT molecular complexity index is 1130. The molecule has 0 spiro atoms. The Labute approximate surface area is 191 Å². The summed E-state index contributed by atoms with van der Waals surface area (Å²) in [5.41, 5.74) is 6.93. The molecule has 2 aromatic carbocycles. The molecule has 168 valence electrons. The minimum Gasteiger partial charge on any atom is -0.508 e. The van der Waals surface area contributed by atoms with E-state index < -0.39 is 11.7 Å². The fourth-order valence-corrected chi connectivity index (χ4v) is 4.53. The van der Waals surface area contributed by atoms with Gasteiger partial charge in [-0.25, -0.2) is 14.3 Å². The molecule has 0 atom stereocenters. The lowest BCUT2D eigenvalue weighted by Crippen LogP contribution is -2.27. The Kier molecular flexibility index (Phi) is 6.36. The number of aromatic hydroxyl groups is 1. The Balaban J connectivity index is 1.53. The highest BCUT2D eigenvalue weighted by molar-refractivity contribution is 7.97. The monoisotopic (exact) mass is 481 g/mol. The Morgan fingerprint density at radius 3 is 2.62 bits per heavy atom. The summed E-state index contributed by atoms with van der Waals surface area (Å²) in [6.07, 6.45) is -3.83. The molecule has 0 saturated carbocycles. The van der Waals surface area contributed by atoms with Gasteiger partial charge >= 0.3 is 6.18 Å². The van der Waals surface area contributed by atoms with Crippen LogP contribution >= 0.6 is 23.5 Å². The molecule has 1 aliphatic rings. The van der Waals surface area contributed by atoms with Crippen molar-refractivity contribution in [3.8, 4) is 5.75 Å². The molecule has 0 radical (unpaired) electrons. The average molecular weight is 482 g/mol. The number of aromatic nitrogens is 2. The molecule has 4 rings (SSSR count). The molecule has 4 N–H and O–H groups in total. The van der Waals surface area contributed by atoms with Crippen molar-refractivity contribution in [3.05, 3.63) is 70.1 Å². The number of nitrogens with one attached hydrogen (secondary N) is 1. The summed E-state index contributed by atoms with van der Waals surface area (Å²) in [5.74, 6) is 0.676. The van der Waals surface area contributed by atoms with Crippen molar-refractivity contribution in [2.75, 3.05) is 17.6 Å². The van der Waals surface area contributed by atoms with E-state index in [9.17, 15) is 18.3 Å². The van der Waals surface area contributed by atoms with Gasteiger partial charge in [0, 0.05) is 42.2 Å². The number of phenols is 1. The number of hydrogen-bond acceptors (Lipinski definition) is 7. The second kappa shape index (κ2) is 9.05. The molecule has 32 heavy (non-hydrogen) atoms. The van der Waals surface area contributed by atoms with Gasteiger partial charge in [-0.2, -0.15) is 13.2 Å². The summed E-state index contributed by atoms with van der Waals surface area (Å²) in [7, 11) is 0. The molecule has 0 amide bonds. The zero-order valence-corrected chi connectivity index (χ0v) is 18.2. The number of nitrogens with two attached hydrogens (primary N) is 1. The van der Waals surface area contributed by atoms with Crippen molar-refractivity contribution < 1.29 is 18.3 Å². The predicted molar refractivity (Wildman–Crippen MR) is 118 cm³/mol. The molecular formula is C21H19ClF3N5OS. The molecule has 0 bridgehead atoms. The van der Waals surface area contributed by atoms with E-state index in [1.807, 2.05) is 12.1 Å². The first kappa shape index (κ1) is 22.5. The maximum atomic E-state index is 13.1. The first-order chi connectivity index (χ1) is 15.2. The molecule has 2 heterocycles. The fourth-order valence-electron chi connectivity index (χ4n) is 3.41. The van der Waals surface area contributed by atoms with E-state index in [0.29, 0.717) is 24.3 Å². The maximum absolute atomic E-state index is 13.1. The molecule has 0 unspecified atom stereocenters. The number of fused-ring (bicyclic) bond motifs is 1. The van der Waals surface area contributed by atoms with Crippen molar-refractivity contribution in [2.24, 2.45) is 0 Å². The summed E-state index contributed by atoms with van der Waals surface area (Å²) in [5, 5.41) is 12.6. The minimum atomic E-state index is -4.48. The predicted octanol–water partition coefficient (Wildman–Crippen LogP) is 5.11. The number of rotatable bonds is 5. The van der Waals surface area contributed by atoms with Crippen molar-refractivity contribution in [3.63, 3.8) is 0 Å². The lowest BCUT2D eigenvalue weighted by Gasteiger charge is -2.28. The van der Waals surface area contributed by atoms with Crippen molar-refractivity contribution in [2.45, 2.75) is 30.6 Å². The largest absolute Gasteiger partial charge is 0.508 e. The fraction of sp³-hybridized carbons (Fsp3) is 0.238. The molecule has 6 nitrogen and oxygen atoms in total. The van der Waals surface area contributed by atoms with Gasteiger partial charge in [0.15, 0.2) is 0 Å². The van der Waals surface area contributed by atoms with Gasteiger partial charge in [0.05, 0.1) is 11.3 Å². The number of alkyl halides is 3. The lowest BCUT2D eigenvalue weighted by molar-refractivity contribution is -0.137. The van der Waals surface area contributed by atoms with Crippen LogP contribution in [0.1, 0.15) is 22.4 Å². The molecule has 3 aromatic rings. The second-order valence-corrected chi connectivity index (χ2v) is 8.79. The van der Waals surface area contributed by atoms with E-state index in [1.165, 1.54) is 18.0 Å². The van der Waals surface area contributed by atoms with Crippen LogP contribution < -0.4 is 11.1 Å². The molecule has 0 fully saturated rings. The van der Waals surface area contributed by atoms with Crippen LogP contribution in [0.25, 0.3) is 0 Å². The van der Waals surface area contributed by atoms with Crippen molar-refractivity contribution in [1.82, 2.24) is 14.3 Å². The van der Waals surface area contributed by atoms with Crippen molar-refractivity contribution >= 4 is 35.1 Å². The van der Waals surface area contributed by atoms with Gasteiger partial charge in [0.25, 0.3) is 0 Å². The Morgan fingerprint density at radius 1 is 1.16 bits per heavy atom. The van der Waals surface area contributed by atoms with Gasteiger partial charge in [-0.05, 0) is 71.6 Å². The van der Waals surface area contributed by atoms with E-state index in [4.69, 9.17) is 17.3 Å². The number of hydrogen-bond donors (Lipinski definition) is 3. The highest BCUT2D eigenvalue weighted by atomic mass is 35.5. The topological polar surface area (TPSA) is 87.3 Å². The van der Waals surface area contributed by atoms with Gasteiger partial charge in [0.2, 0.25) is 5.28 Å². The SMILES string of the molecule is Nc1cc(CNc2nc(Cl)nc3c2CN(Sc2ccc(O)cc2)CC3)cc(C(F)(F)F)c1. The number of phenolic OH excluding ortho intramolecular Hbond substituents is 1. The van der Waals surface area contributed by atoms with Crippen LogP contribution in [0, 0.1) is 0 Å². The second-order valence-electron chi connectivity index (χ2n) is 7.28. The molecule has 0 saturated heterocycles. The zero-order valence-electron chi connectivity index (χ0n) is 16.7. The van der Waals surface area contributed by atoms with E-state index in [1.54, 1.807) is 12.1 Å². The van der Waals surface area contributed by atoms with Gasteiger partial charge < -0.3 is 16.2 Å². The van der Waals surface area contributed by atoms with Crippen LogP contribution in [0.4, 0.5) is 24.7 Å². The number of benzene rings is 2. The van der Waals surface area contributed by atoms with Crippen LogP contribution in [0.2, 0.25) is 5.28 Å². The lowest BCUT2D eigenvalue weighted by atomic mass is 10.1. The van der Waals surface area contributed by atoms with Gasteiger partial charge in [-0.15, -0.1) is 0 Å². The first-order valence-corrected chi connectivity index (χ1v) is 10.8. The quantitative estimate of drug-likeness (QED) is 0.265. The minimum absolute atomic E-state index is 0.0378. The van der Waals surface area contributed by atoms with Crippen LogP contribution in [0.3, 0.4) is 0 Å². The summed E-state index contributed by atoms with van der Waals surface area (Å²) >= 11 is 7.62. The first-order valence-electron chi connectivity index (χ1n) is 9.65. The molecule has 1 aromatic heterocycles. The Hall–Kier alpha value is -2.69. The van der Waals surface area contributed by atoms with Crippen molar-refractivity contribution in [1.29, 1.82) is 0 Å². The van der Waals surface area contributed by atoms with E-state index in [0.717, 1.165) is 34.8 Å². The van der Waals surface area contributed by atoms with Gasteiger partial charge in [-0.3, -0.25) is 0 Å². The Morgan fingerprint density at radius 2 is 1.91 bits per heavy atom. The number of nitrogens with zero attached hydrogens (tertiary/aromatic N) is 3. The summed E-state index contributed by atoms with van der Waals surface area (Å²) in [4.78, 5) is 9.56. The van der Waals surface area contributed by atoms with E-state index in [2.05, 4.69) is 19.6 Å². The highest BCUT2D eigenvalue weighted by Crippen LogP contribution is 2.34. The summed E-state index contributed by atoms with van der Waals surface area (Å²) in [6.45, 7) is 1.35. The van der Waals surface area contributed by atoms with Gasteiger partial charge in [0.1, 0.15) is 11.6 Å². The average Bonchev–Trinajstić information content (AvgIpc) is 2.73.